The fraction of sp³-hybridized carbons (Fsp3) is 0.606. The van der Waals surface area contributed by atoms with Crippen LogP contribution in [0, 0.1) is 12.8 Å². The summed E-state index contributed by atoms with van der Waals surface area (Å²) in [5.74, 6) is -8.40. The van der Waals surface area contributed by atoms with Crippen molar-refractivity contribution in [3.05, 3.63) is 71.4 Å². The van der Waals surface area contributed by atoms with Crippen molar-refractivity contribution >= 4 is 88.1 Å². The van der Waals surface area contributed by atoms with Crippen LogP contribution in [-0.4, -0.2) is 281 Å². The third kappa shape index (κ3) is 25.1. The molecule has 0 saturated carbocycles. The average molecular weight is 1350 g/mol. The van der Waals surface area contributed by atoms with Crippen LogP contribution in [0.2, 0.25) is 0 Å². The largest absolute Gasteiger partial charge is 0.494 e. The lowest BCUT2D eigenvalue weighted by Crippen LogP contribution is -2.50. The highest BCUT2D eigenvalue weighted by atomic mass is 32.2. The Hall–Kier alpha value is -7.73. The van der Waals surface area contributed by atoms with Crippen LogP contribution in [-0.2, 0) is 49.6 Å². The van der Waals surface area contributed by atoms with E-state index in [-0.39, 0.29) is 126 Å². The highest BCUT2D eigenvalue weighted by Crippen LogP contribution is 2.33. The van der Waals surface area contributed by atoms with Crippen molar-refractivity contribution in [2.24, 2.45) is 10.9 Å². The predicted molar refractivity (Wildman–Crippen MR) is 351 cm³/mol. The van der Waals surface area contributed by atoms with Gasteiger partial charge in [-0.15, -0.1) is 11.8 Å². The second-order valence-electron chi connectivity index (χ2n) is 25.0. The Labute approximate surface area is 556 Å². The number of hydrogen-bond donors (Lipinski definition) is 6. The molecule has 1 aromatic heterocycles. The van der Waals surface area contributed by atoms with Crippen molar-refractivity contribution in [1.29, 1.82) is 0 Å². The zero-order valence-corrected chi connectivity index (χ0v) is 55.3. The lowest BCUT2D eigenvalue weighted by atomic mass is 9.92. The van der Waals surface area contributed by atoms with E-state index >= 15 is 0 Å². The summed E-state index contributed by atoms with van der Waals surface area (Å²) in [6.45, 7) is 3.02. The number of pyridine rings is 1. The smallest absolute Gasteiger partial charge is 0.317 e. The number of aromatic nitrogens is 1. The maximum absolute atomic E-state index is 14.2. The van der Waals surface area contributed by atoms with Gasteiger partial charge in [-0.25, -0.2) is 8.78 Å². The van der Waals surface area contributed by atoms with Crippen LogP contribution in [0.5, 0.6) is 5.75 Å². The van der Waals surface area contributed by atoms with E-state index in [4.69, 9.17) is 4.74 Å². The molecule has 7 rings (SSSR count). The molecule has 3 atom stereocenters. The van der Waals surface area contributed by atoms with Crippen molar-refractivity contribution < 1.29 is 76.8 Å². The van der Waals surface area contributed by atoms with Crippen molar-refractivity contribution in [1.82, 2.24) is 55.2 Å². The summed E-state index contributed by atoms with van der Waals surface area (Å²) in [5, 5.41) is 36.8. The number of rotatable bonds is 33. The second-order valence-corrected chi connectivity index (χ2v) is 26.5. The molecule has 26 nitrogen and oxygen atoms in total. The van der Waals surface area contributed by atoms with Gasteiger partial charge in [-0.05, 0) is 94.0 Å². The second kappa shape index (κ2) is 37.5. The Kier molecular flexibility index (Phi) is 29.5. The Morgan fingerprint density at radius 2 is 1.37 bits per heavy atom. The highest BCUT2D eigenvalue weighted by Gasteiger charge is 2.46. The van der Waals surface area contributed by atoms with Crippen LogP contribution >= 0.6 is 11.8 Å². The van der Waals surface area contributed by atoms with Crippen molar-refractivity contribution in [3.63, 3.8) is 0 Å². The first-order valence-electron chi connectivity index (χ1n) is 32.8. The molecule has 5 heterocycles. The minimum absolute atomic E-state index is 0.0272. The number of thioether (sulfide) groups is 1. The van der Waals surface area contributed by atoms with Crippen LogP contribution in [0.3, 0.4) is 0 Å². The summed E-state index contributed by atoms with van der Waals surface area (Å²) in [7, 11) is 1.44. The van der Waals surface area contributed by atoms with Crippen molar-refractivity contribution in [3.8, 4) is 5.75 Å². The van der Waals surface area contributed by atoms with Crippen molar-refractivity contribution in [2.45, 2.75) is 113 Å². The molecule has 0 aliphatic carbocycles. The summed E-state index contributed by atoms with van der Waals surface area (Å²) in [5.41, 5.74) is 3.09. The topological polar surface area (TPSA) is 325 Å². The molecular weight excluding hydrogens is 1250 g/mol. The minimum Gasteiger partial charge on any atom is -0.494 e. The fourth-order valence-electron chi connectivity index (χ4n) is 12.3. The summed E-state index contributed by atoms with van der Waals surface area (Å²) in [6.07, 6.45) is 9.56. The third-order valence-electron chi connectivity index (χ3n) is 17.6. The third-order valence-corrected chi connectivity index (χ3v) is 19.1. The first kappa shape index (κ1) is 74.7. The molecule has 520 valence electrons. The van der Waals surface area contributed by atoms with E-state index < -0.39 is 84.8 Å². The number of halogens is 2. The number of aryl methyl sites for hydroxylation is 2. The van der Waals surface area contributed by atoms with Gasteiger partial charge < -0.3 is 45.8 Å². The number of benzene rings is 2. The Morgan fingerprint density at radius 1 is 0.737 bits per heavy atom. The maximum atomic E-state index is 14.2. The molecule has 4 fully saturated rings. The summed E-state index contributed by atoms with van der Waals surface area (Å²) >= 11 is 1.28. The molecule has 0 spiro atoms. The number of fused-ring (bicyclic) bond motifs is 1. The monoisotopic (exact) mass is 1350 g/mol. The van der Waals surface area contributed by atoms with E-state index in [0.717, 1.165) is 35.5 Å². The molecular formula is C66H92F2N12O14S. The number of ether oxygens (including phenoxy) is 1. The van der Waals surface area contributed by atoms with Gasteiger partial charge in [0, 0.05) is 128 Å². The van der Waals surface area contributed by atoms with Crippen LogP contribution in [0.4, 0.5) is 8.78 Å². The molecule has 2 aromatic carbocycles. The molecule has 95 heavy (non-hydrogen) atoms. The van der Waals surface area contributed by atoms with Gasteiger partial charge >= 0.3 is 17.9 Å². The molecule has 7 amide bonds. The van der Waals surface area contributed by atoms with Gasteiger partial charge in [-0.2, -0.15) is 0 Å². The van der Waals surface area contributed by atoms with E-state index in [1.165, 1.54) is 48.4 Å². The Morgan fingerprint density at radius 3 is 1.99 bits per heavy atom. The van der Waals surface area contributed by atoms with Gasteiger partial charge in [0.15, 0.2) is 0 Å². The average Bonchev–Trinajstić information content (AvgIpc) is 1.79. The lowest BCUT2D eigenvalue weighted by molar-refractivity contribution is -0.146. The van der Waals surface area contributed by atoms with Crippen LogP contribution < -0.4 is 20.7 Å². The van der Waals surface area contributed by atoms with Gasteiger partial charge in [-0.3, -0.25) is 82.4 Å². The Bertz CT molecular complexity index is 3130. The van der Waals surface area contributed by atoms with Crippen LogP contribution in [0.25, 0.3) is 10.9 Å². The molecule has 0 radical (unpaired) electrons. The number of imide groups is 1. The molecule has 4 aliphatic rings. The zero-order valence-electron chi connectivity index (χ0n) is 54.4. The first-order chi connectivity index (χ1) is 45.5. The SMILES string of the molecule is CN=C[C@H]1CC(F)(F)CN1C(=O)CNC(=O)c1ccnc2ccc(OCCCC3CCN(C(=O)CN4C(=O)CC(S[C@H](CCCCCNC(=O)CCCc5ccc(C)cc5)CNC(=O)CN5CCN(CC(=O)O)CCN(CC(=O)O)CCN(CC(=O)O)CC5)C4=O)CC3)cc12. The number of carbonyl (C=O) groups is 10. The van der Waals surface area contributed by atoms with Crippen molar-refractivity contribution in [2.75, 3.05) is 138 Å². The van der Waals surface area contributed by atoms with Gasteiger partial charge in [0.1, 0.15) is 12.3 Å². The molecule has 3 aromatic rings. The number of amides is 7. The number of hydrogen-bond acceptors (Lipinski definition) is 18. The number of nitrogens with one attached hydrogen (secondary N) is 3. The summed E-state index contributed by atoms with van der Waals surface area (Å²) in [4.78, 5) is 148. The van der Waals surface area contributed by atoms with E-state index in [1.54, 1.807) is 37.8 Å². The minimum atomic E-state index is -3.06. The predicted octanol–water partition coefficient (Wildman–Crippen LogP) is 3.13. The maximum Gasteiger partial charge on any atom is 0.317 e. The van der Waals surface area contributed by atoms with Crippen LogP contribution in [0.1, 0.15) is 98.5 Å². The van der Waals surface area contributed by atoms with Gasteiger partial charge in [0.25, 0.3) is 11.8 Å². The van der Waals surface area contributed by atoms with Gasteiger partial charge in [-0.1, -0.05) is 42.7 Å². The number of unbranched alkanes of at least 4 members (excludes halogenated alkanes) is 2. The van der Waals surface area contributed by atoms with E-state index in [2.05, 4.69) is 50.2 Å². The quantitative estimate of drug-likeness (QED) is 0.0290. The van der Waals surface area contributed by atoms with E-state index in [1.807, 2.05) is 11.8 Å². The molecule has 0 bridgehead atoms. The first-order valence-corrected chi connectivity index (χ1v) is 33.8. The number of alkyl halides is 2. The number of carboxylic acid groups (broad SMARTS) is 3. The Balaban J connectivity index is 0.880. The lowest BCUT2D eigenvalue weighted by Gasteiger charge is -2.33. The molecule has 4 saturated heterocycles. The zero-order chi connectivity index (χ0) is 68.4. The normalized spacial score (nSPS) is 19.3. The standard InChI is InChI=1S/C66H92F2N12O14S/c1-46-12-14-47(15-13-46)8-6-11-56(81)71-21-5-3-4-10-51(38-72-57(82)40-74-25-27-75(42-61(86)87)29-31-77(44-63(90)91)32-30-76(28-26-74)43-62(88)89)95-55-35-58(83)79(65(55)93)41-60(85)78-23-19-48(20-24-78)9-7-33-94-50-16-17-54-53(34-50)52(18-22-70-54)64(92)73-39-59(84)80-45-66(67,68)36-49(80)37-69-2/h12-18,22,34,37,48-49,51,55H,3-11,19-21,23-33,35-36,38-45H2,1-2H3,(H,71,81)(H,72,82)(H,73,92)(H,86,87)(H,88,89)(H,90,91)/t49-,51-,55?/m1/s1. The van der Waals surface area contributed by atoms with Crippen LogP contribution in [0.15, 0.2) is 59.7 Å². The highest BCUT2D eigenvalue weighted by molar-refractivity contribution is 8.01. The van der Waals surface area contributed by atoms with E-state index in [9.17, 15) is 72.0 Å². The fourth-order valence-corrected chi connectivity index (χ4v) is 13.7. The number of carbonyl (C=O) groups excluding carboxylic acids is 7. The molecule has 6 N–H and O–H groups in total. The van der Waals surface area contributed by atoms with Gasteiger partial charge in [0.05, 0.1) is 68.2 Å². The summed E-state index contributed by atoms with van der Waals surface area (Å²) in [6, 6.07) is 14.0. The molecule has 4 aliphatic heterocycles. The number of carboxylic acids is 3. The number of aliphatic carboxylic acids is 3. The number of piperidine rings is 1. The van der Waals surface area contributed by atoms with Gasteiger partial charge in [0.2, 0.25) is 35.4 Å². The van der Waals surface area contributed by atoms with E-state index in [0.29, 0.717) is 87.8 Å². The molecule has 29 heteroatoms. The summed E-state index contributed by atoms with van der Waals surface area (Å²) < 4.78 is 34.4. The number of likely N-dealkylation sites (tertiary alicyclic amines) is 3. The number of nitrogens with zero attached hydrogens (tertiary/aromatic N) is 9. The molecule has 1 unspecified atom stereocenters. The number of aliphatic imine (C=N–C) groups is 1.